The summed E-state index contributed by atoms with van der Waals surface area (Å²) in [6, 6.07) is 17.6. The Kier molecular flexibility index (Phi) is 3.87. The number of benzene rings is 2. The molecule has 1 N–H and O–H groups in total. The lowest BCUT2D eigenvalue weighted by Crippen LogP contribution is -2.01. The van der Waals surface area contributed by atoms with Gasteiger partial charge in [0, 0.05) is 28.8 Å². The highest BCUT2D eigenvalue weighted by molar-refractivity contribution is 7.22. The molecule has 2 nitrogen and oxygen atoms in total. The zero-order chi connectivity index (χ0) is 17.7. The van der Waals surface area contributed by atoms with E-state index in [-0.39, 0.29) is 6.61 Å². The molecule has 2 heterocycles. The van der Waals surface area contributed by atoms with Crippen LogP contribution in [0.5, 0.6) is 0 Å². The molecule has 1 aliphatic carbocycles. The molecule has 2 aromatic heterocycles. The van der Waals surface area contributed by atoms with Gasteiger partial charge in [0.25, 0.3) is 0 Å². The lowest BCUT2D eigenvalue weighted by Gasteiger charge is -2.10. The molecular formula is C23H23NOS. The number of rotatable bonds is 5. The summed E-state index contributed by atoms with van der Waals surface area (Å²) in [5.41, 5.74) is 5.32. The summed E-state index contributed by atoms with van der Waals surface area (Å²) in [5, 5.41) is 12.1. The zero-order valence-electron chi connectivity index (χ0n) is 15.0. The van der Waals surface area contributed by atoms with E-state index in [2.05, 4.69) is 60.0 Å². The zero-order valence-corrected chi connectivity index (χ0v) is 15.9. The molecule has 1 saturated carbocycles. The van der Waals surface area contributed by atoms with E-state index in [4.69, 9.17) is 0 Å². The van der Waals surface area contributed by atoms with Gasteiger partial charge in [0.2, 0.25) is 0 Å². The van der Waals surface area contributed by atoms with E-state index in [0.29, 0.717) is 0 Å². The Labute approximate surface area is 157 Å². The topological polar surface area (TPSA) is 25.2 Å². The van der Waals surface area contributed by atoms with Crippen LogP contribution in [0.3, 0.4) is 0 Å². The number of para-hydroxylation sites is 1. The third kappa shape index (κ3) is 2.58. The molecule has 0 atom stereocenters. The average Bonchev–Trinajstić information content (AvgIpc) is 3.31. The first-order valence-corrected chi connectivity index (χ1v) is 10.3. The van der Waals surface area contributed by atoms with Crippen molar-refractivity contribution in [3.63, 3.8) is 0 Å². The third-order valence-electron chi connectivity index (χ3n) is 5.60. The molecule has 0 spiro atoms. The molecule has 4 aromatic rings. The molecule has 1 fully saturated rings. The summed E-state index contributed by atoms with van der Waals surface area (Å²) in [4.78, 5) is 1.38. The summed E-state index contributed by atoms with van der Waals surface area (Å²) in [6.45, 7) is 3.57. The van der Waals surface area contributed by atoms with Crippen LogP contribution in [0.1, 0.15) is 24.0 Å². The van der Waals surface area contributed by atoms with Crippen LogP contribution in [-0.2, 0) is 13.0 Å². The van der Waals surface area contributed by atoms with E-state index in [1.54, 1.807) is 0 Å². The van der Waals surface area contributed by atoms with Crippen molar-refractivity contribution in [2.45, 2.75) is 32.7 Å². The molecule has 0 amide bonds. The molecule has 0 aliphatic heterocycles. The van der Waals surface area contributed by atoms with E-state index in [0.717, 1.165) is 18.9 Å². The lowest BCUT2D eigenvalue weighted by molar-refractivity contribution is 0.300. The van der Waals surface area contributed by atoms with Crippen LogP contribution < -0.4 is 0 Å². The summed E-state index contributed by atoms with van der Waals surface area (Å²) in [6.07, 6.45) is 3.44. The van der Waals surface area contributed by atoms with Gasteiger partial charge < -0.3 is 9.67 Å². The fourth-order valence-corrected chi connectivity index (χ4v) is 5.40. The molecule has 0 saturated heterocycles. The van der Waals surface area contributed by atoms with Crippen LogP contribution in [0.25, 0.3) is 31.6 Å². The first kappa shape index (κ1) is 16.1. The lowest BCUT2D eigenvalue weighted by atomic mass is 10.0. The Morgan fingerprint density at radius 2 is 1.96 bits per heavy atom. The van der Waals surface area contributed by atoms with Gasteiger partial charge in [-0.05, 0) is 66.8 Å². The van der Waals surface area contributed by atoms with Crippen LogP contribution in [0.4, 0.5) is 0 Å². The van der Waals surface area contributed by atoms with E-state index in [1.807, 2.05) is 11.3 Å². The van der Waals surface area contributed by atoms with Crippen LogP contribution in [0, 0.1) is 12.8 Å². The van der Waals surface area contributed by atoms with Gasteiger partial charge >= 0.3 is 0 Å². The fraction of sp³-hybridized carbons (Fsp3) is 0.304. The maximum atomic E-state index is 9.44. The number of aromatic nitrogens is 1. The van der Waals surface area contributed by atoms with Gasteiger partial charge in [-0.25, -0.2) is 0 Å². The van der Waals surface area contributed by atoms with Gasteiger partial charge in [0.15, 0.2) is 0 Å². The van der Waals surface area contributed by atoms with Gasteiger partial charge in [-0.2, -0.15) is 0 Å². The monoisotopic (exact) mass is 361 g/mol. The molecule has 0 unspecified atom stereocenters. The van der Waals surface area contributed by atoms with Gasteiger partial charge in [0.1, 0.15) is 0 Å². The van der Waals surface area contributed by atoms with Crippen molar-refractivity contribution in [1.82, 2.24) is 4.57 Å². The van der Waals surface area contributed by atoms with Crippen LogP contribution in [0.15, 0.2) is 48.5 Å². The maximum absolute atomic E-state index is 9.44. The third-order valence-corrected chi connectivity index (χ3v) is 6.88. The van der Waals surface area contributed by atoms with E-state index in [9.17, 15) is 5.11 Å². The minimum atomic E-state index is 0.200. The van der Waals surface area contributed by atoms with Crippen LogP contribution in [0.2, 0.25) is 0 Å². The number of aliphatic hydroxyl groups excluding tert-OH is 1. The van der Waals surface area contributed by atoms with E-state index < -0.39 is 0 Å². The number of aliphatic hydroxyl groups is 1. The number of fused-ring (bicyclic) bond motifs is 2. The first-order valence-electron chi connectivity index (χ1n) is 9.46. The highest BCUT2D eigenvalue weighted by Crippen LogP contribution is 2.43. The van der Waals surface area contributed by atoms with E-state index in [1.165, 1.54) is 55.5 Å². The molecule has 0 radical (unpaired) electrons. The molecule has 5 rings (SSSR count). The van der Waals surface area contributed by atoms with Crippen LogP contribution >= 0.6 is 11.3 Å². The number of thiophene rings is 1. The Balaban J connectivity index is 1.75. The Morgan fingerprint density at radius 3 is 2.77 bits per heavy atom. The molecule has 3 heteroatoms. The second-order valence-electron chi connectivity index (χ2n) is 7.46. The van der Waals surface area contributed by atoms with Crippen molar-refractivity contribution in [1.29, 1.82) is 0 Å². The highest BCUT2D eigenvalue weighted by Gasteiger charge is 2.25. The molecule has 0 bridgehead atoms. The largest absolute Gasteiger partial charge is 0.396 e. The highest BCUT2D eigenvalue weighted by atomic mass is 32.1. The molecule has 132 valence electrons. The van der Waals surface area contributed by atoms with Crippen molar-refractivity contribution in [3.8, 4) is 10.6 Å². The van der Waals surface area contributed by atoms with E-state index >= 15 is 0 Å². The fourth-order valence-electron chi connectivity index (χ4n) is 4.11. The predicted molar refractivity (Wildman–Crippen MR) is 111 cm³/mol. The van der Waals surface area contributed by atoms with Gasteiger partial charge in [0.05, 0.1) is 10.6 Å². The molecule has 2 aromatic carbocycles. The number of aryl methyl sites for hydroxylation is 1. The summed E-state index contributed by atoms with van der Waals surface area (Å²) in [5.74, 6) is 0.837. The first-order chi connectivity index (χ1) is 12.8. The summed E-state index contributed by atoms with van der Waals surface area (Å²) in [7, 11) is 0. The maximum Gasteiger partial charge on any atom is 0.0596 e. The standard InChI is InChI=1S/C23H23NOS/c1-15-22-17(11-12-25)6-4-8-21(22)26-23(15)20-13-18-5-2-3-7-19(18)24(20)14-16-9-10-16/h2-8,13,16,25H,9-12,14H2,1H3. The van der Waals surface area contributed by atoms with Crippen molar-refractivity contribution < 1.29 is 5.11 Å². The Morgan fingerprint density at radius 1 is 1.12 bits per heavy atom. The van der Waals surface area contributed by atoms with Crippen molar-refractivity contribution in [3.05, 3.63) is 59.7 Å². The Hall–Kier alpha value is -2.10. The molecular weight excluding hydrogens is 338 g/mol. The summed E-state index contributed by atoms with van der Waals surface area (Å²) >= 11 is 1.89. The van der Waals surface area contributed by atoms with Gasteiger partial charge in [-0.3, -0.25) is 0 Å². The second kappa shape index (κ2) is 6.26. The minimum absolute atomic E-state index is 0.200. The average molecular weight is 362 g/mol. The predicted octanol–water partition coefficient (Wildman–Crippen LogP) is 5.78. The van der Waals surface area contributed by atoms with Crippen molar-refractivity contribution >= 4 is 32.3 Å². The molecule has 26 heavy (non-hydrogen) atoms. The van der Waals surface area contributed by atoms with Gasteiger partial charge in [-0.15, -0.1) is 11.3 Å². The van der Waals surface area contributed by atoms with Crippen molar-refractivity contribution in [2.24, 2.45) is 5.92 Å². The Bertz CT molecular complexity index is 1100. The number of nitrogens with zero attached hydrogens (tertiary/aromatic N) is 1. The second-order valence-corrected chi connectivity index (χ2v) is 8.51. The SMILES string of the molecule is Cc1c(-c2cc3ccccc3n2CC2CC2)sc2cccc(CCO)c12. The quantitative estimate of drug-likeness (QED) is 0.479. The number of hydrogen-bond donors (Lipinski definition) is 1. The smallest absolute Gasteiger partial charge is 0.0596 e. The summed E-state index contributed by atoms with van der Waals surface area (Å²) < 4.78 is 3.86. The molecule has 1 aliphatic rings. The minimum Gasteiger partial charge on any atom is -0.396 e. The number of hydrogen-bond acceptors (Lipinski definition) is 2. The van der Waals surface area contributed by atoms with Crippen LogP contribution in [-0.4, -0.2) is 16.3 Å². The van der Waals surface area contributed by atoms with Crippen molar-refractivity contribution in [2.75, 3.05) is 6.61 Å². The van der Waals surface area contributed by atoms with Gasteiger partial charge in [-0.1, -0.05) is 30.3 Å². The normalized spacial score (nSPS) is 14.5.